The Bertz CT molecular complexity index is 338. The highest BCUT2D eigenvalue weighted by Gasteiger charge is 2.41. The second kappa shape index (κ2) is 7.61. The highest BCUT2D eigenvalue weighted by molar-refractivity contribution is 4.90. The minimum Gasteiger partial charge on any atom is -0.390 e. The average molecular weight is 314 g/mol. The van der Waals surface area contributed by atoms with Gasteiger partial charge in [-0.1, -0.05) is 27.7 Å². The molecule has 0 aromatic carbocycles. The molecule has 130 valence electrons. The van der Waals surface area contributed by atoms with Gasteiger partial charge in [-0.05, 0) is 42.4 Å². The Morgan fingerprint density at radius 3 is 2.59 bits per heavy atom. The molecule has 4 unspecified atom stereocenters. The van der Waals surface area contributed by atoms with Gasteiger partial charge in [0.2, 0.25) is 0 Å². The number of hydrogen-bond donors (Lipinski definition) is 1. The van der Waals surface area contributed by atoms with Gasteiger partial charge >= 0.3 is 0 Å². The molecule has 4 nitrogen and oxygen atoms in total. The van der Waals surface area contributed by atoms with Crippen LogP contribution in [-0.4, -0.2) is 50.3 Å². The summed E-state index contributed by atoms with van der Waals surface area (Å²) in [6.07, 6.45) is 2.64. The number of rotatable bonds is 4. The summed E-state index contributed by atoms with van der Waals surface area (Å²) in [5, 5.41) is 10.8. The van der Waals surface area contributed by atoms with E-state index < -0.39 is 0 Å². The molecular weight excluding hydrogens is 280 g/mol. The summed E-state index contributed by atoms with van der Waals surface area (Å²) in [4.78, 5) is 0. The summed E-state index contributed by atoms with van der Waals surface area (Å²) in [5.41, 5.74) is 0.123. The number of ether oxygens (including phenoxy) is 3. The van der Waals surface area contributed by atoms with Gasteiger partial charge in [0.05, 0.1) is 24.9 Å². The van der Waals surface area contributed by atoms with Gasteiger partial charge in [0, 0.05) is 20.3 Å². The topological polar surface area (TPSA) is 47.9 Å². The van der Waals surface area contributed by atoms with E-state index in [9.17, 15) is 5.11 Å². The lowest BCUT2D eigenvalue weighted by Gasteiger charge is -2.44. The fourth-order valence-corrected chi connectivity index (χ4v) is 4.19. The van der Waals surface area contributed by atoms with Crippen LogP contribution in [-0.2, 0) is 14.2 Å². The van der Waals surface area contributed by atoms with Crippen LogP contribution < -0.4 is 0 Å². The molecule has 22 heavy (non-hydrogen) atoms. The summed E-state index contributed by atoms with van der Waals surface area (Å²) in [5.74, 6) is 1.27. The highest BCUT2D eigenvalue weighted by Crippen LogP contribution is 2.39. The third kappa shape index (κ3) is 4.22. The molecule has 2 aliphatic rings. The van der Waals surface area contributed by atoms with E-state index in [-0.39, 0.29) is 23.7 Å². The first-order chi connectivity index (χ1) is 10.3. The predicted octanol–water partition coefficient (Wildman–Crippen LogP) is 2.88. The van der Waals surface area contributed by atoms with E-state index in [0.29, 0.717) is 24.4 Å². The van der Waals surface area contributed by atoms with Crippen LogP contribution in [0.25, 0.3) is 0 Å². The molecule has 4 heteroatoms. The first kappa shape index (κ1) is 18.2. The van der Waals surface area contributed by atoms with E-state index in [1.54, 1.807) is 7.11 Å². The van der Waals surface area contributed by atoms with Crippen molar-refractivity contribution in [2.45, 2.75) is 65.3 Å². The third-order valence-electron chi connectivity index (χ3n) is 5.66. The van der Waals surface area contributed by atoms with Gasteiger partial charge in [-0.2, -0.15) is 0 Å². The van der Waals surface area contributed by atoms with E-state index in [1.807, 2.05) is 0 Å². The maximum atomic E-state index is 10.8. The maximum Gasteiger partial charge on any atom is 0.0839 e. The first-order valence-corrected chi connectivity index (χ1v) is 8.74. The lowest BCUT2D eigenvalue weighted by molar-refractivity contribution is -0.144. The van der Waals surface area contributed by atoms with Gasteiger partial charge in [-0.15, -0.1) is 0 Å². The molecule has 0 saturated carbocycles. The molecule has 0 radical (unpaired) electrons. The largest absolute Gasteiger partial charge is 0.390 e. The lowest BCUT2D eigenvalue weighted by atomic mass is 9.71. The molecule has 0 bridgehead atoms. The minimum atomic E-state index is -0.364. The molecule has 0 spiro atoms. The normalized spacial score (nSPS) is 38.7. The van der Waals surface area contributed by atoms with Crippen LogP contribution in [0.15, 0.2) is 0 Å². The van der Waals surface area contributed by atoms with Gasteiger partial charge in [0.15, 0.2) is 0 Å². The Morgan fingerprint density at radius 2 is 1.95 bits per heavy atom. The van der Waals surface area contributed by atoms with Crippen LogP contribution in [0, 0.1) is 23.2 Å². The van der Waals surface area contributed by atoms with Crippen molar-refractivity contribution in [3.05, 3.63) is 0 Å². The molecule has 2 fully saturated rings. The van der Waals surface area contributed by atoms with Crippen molar-refractivity contribution >= 4 is 0 Å². The van der Waals surface area contributed by atoms with Crippen LogP contribution in [0.2, 0.25) is 0 Å². The van der Waals surface area contributed by atoms with Crippen molar-refractivity contribution in [1.29, 1.82) is 0 Å². The standard InChI is InChI=1S/C18H34O4/c1-12(13-6-8-21-11-16(13)20-5)10-15-17(19)14(7-9-22-15)18(2,3)4/h12-17,19H,6-11H2,1-5H3/t12?,13?,14-,15?,16?,17-/m1/s1. The van der Waals surface area contributed by atoms with Gasteiger partial charge in [-0.3, -0.25) is 0 Å². The first-order valence-electron chi connectivity index (χ1n) is 8.74. The quantitative estimate of drug-likeness (QED) is 0.867. The Morgan fingerprint density at radius 1 is 1.23 bits per heavy atom. The van der Waals surface area contributed by atoms with Crippen molar-refractivity contribution in [3.63, 3.8) is 0 Å². The molecule has 1 N–H and O–H groups in total. The summed E-state index contributed by atoms with van der Waals surface area (Å²) >= 11 is 0. The number of aliphatic hydroxyl groups is 1. The SMILES string of the molecule is COC1COCCC1C(C)CC1OCC[C@@H](C(C)(C)C)[C@H]1O. The Hall–Kier alpha value is -0.160. The Balaban J connectivity index is 1.96. The molecule has 2 aliphatic heterocycles. The number of methoxy groups -OCH3 is 1. The predicted molar refractivity (Wildman–Crippen MR) is 86.8 cm³/mol. The number of hydrogen-bond acceptors (Lipinski definition) is 4. The van der Waals surface area contributed by atoms with Gasteiger partial charge in [0.25, 0.3) is 0 Å². The molecule has 0 aliphatic carbocycles. The van der Waals surface area contributed by atoms with E-state index in [0.717, 1.165) is 32.5 Å². The van der Waals surface area contributed by atoms with E-state index in [4.69, 9.17) is 14.2 Å². The van der Waals surface area contributed by atoms with E-state index in [2.05, 4.69) is 27.7 Å². The zero-order chi connectivity index (χ0) is 16.3. The third-order valence-corrected chi connectivity index (χ3v) is 5.66. The van der Waals surface area contributed by atoms with Crippen molar-refractivity contribution in [2.75, 3.05) is 26.9 Å². The van der Waals surface area contributed by atoms with Gasteiger partial charge < -0.3 is 19.3 Å². The molecule has 0 aromatic heterocycles. The van der Waals surface area contributed by atoms with E-state index in [1.165, 1.54) is 0 Å². The molecule has 0 aromatic rings. The van der Waals surface area contributed by atoms with Crippen molar-refractivity contribution in [1.82, 2.24) is 0 Å². The maximum absolute atomic E-state index is 10.8. The second-order valence-electron chi connectivity index (χ2n) is 8.18. The zero-order valence-electron chi connectivity index (χ0n) is 14.9. The van der Waals surface area contributed by atoms with Crippen LogP contribution in [0.1, 0.15) is 47.0 Å². The van der Waals surface area contributed by atoms with Crippen LogP contribution >= 0.6 is 0 Å². The molecule has 6 atom stereocenters. The number of aliphatic hydroxyl groups excluding tert-OH is 1. The summed E-state index contributed by atoms with van der Waals surface area (Å²) in [6, 6.07) is 0. The fraction of sp³-hybridized carbons (Fsp3) is 1.00. The average Bonchev–Trinajstić information content (AvgIpc) is 2.48. The van der Waals surface area contributed by atoms with Crippen molar-refractivity contribution in [2.24, 2.45) is 23.2 Å². The van der Waals surface area contributed by atoms with Crippen LogP contribution in [0.4, 0.5) is 0 Å². The molecular formula is C18H34O4. The Kier molecular flexibility index (Phi) is 6.29. The van der Waals surface area contributed by atoms with Gasteiger partial charge in [0.1, 0.15) is 0 Å². The smallest absolute Gasteiger partial charge is 0.0839 e. The van der Waals surface area contributed by atoms with E-state index >= 15 is 0 Å². The summed E-state index contributed by atoms with van der Waals surface area (Å²) < 4.78 is 17.0. The molecule has 2 heterocycles. The van der Waals surface area contributed by atoms with Crippen LogP contribution in [0.5, 0.6) is 0 Å². The van der Waals surface area contributed by atoms with Crippen LogP contribution in [0.3, 0.4) is 0 Å². The minimum absolute atomic E-state index is 0.0478. The molecule has 2 rings (SSSR count). The molecule has 2 saturated heterocycles. The second-order valence-corrected chi connectivity index (χ2v) is 8.18. The molecule has 0 amide bonds. The summed E-state index contributed by atoms with van der Waals surface area (Å²) in [7, 11) is 1.76. The fourth-order valence-electron chi connectivity index (χ4n) is 4.19. The van der Waals surface area contributed by atoms with Gasteiger partial charge in [-0.25, -0.2) is 0 Å². The van der Waals surface area contributed by atoms with Crippen molar-refractivity contribution in [3.8, 4) is 0 Å². The highest BCUT2D eigenvalue weighted by atomic mass is 16.5. The lowest BCUT2D eigenvalue weighted by Crippen LogP contribution is -2.48. The zero-order valence-corrected chi connectivity index (χ0v) is 14.9. The summed E-state index contributed by atoms with van der Waals surface area (Å²) in [6.45, 7) is 11.2. The Labute approximate surface area is 135 Å². The van der Waals surface area contributed by atoms with Crippen molar-refractivity contribution < 1.29 is 19.3 Å². The monoisotopic (exact) mass is 314 g/mol.